The van der Waals surface area contributed by atoms with Crippen LogP contribution < -0.4 is 10.1 Å². The van der Waals surface area contributed by atoms with E-state index < -0.39 is 23.4 Å². The van der Waals surface area contributed by atoms with E-state index in [0.717, 1.165) is 50.9 Å². The van der Waals surface area contributed by atoms with Gasteiger partial charge < -0.3 is 24.6 Å². The third-order valence-corrected chi connectivity index (χ3v) is 9.52. The van der Waals surface area contributed by atoms with Crippen molar-refractivity contribution < 1.29 is 28.1 Å². The van der Waals surface area contributed by atoms with Gasteiger partial charge in [0.2, 0.25) is 5.88 Å². The Labute approximate surface area is 263 Å². The van der Waals surface area contributed by atoms with Gasteiger partial charge in [-0.15, -0.1) is 0 Å². The Morgan fingerprint density at radius 2 is 2.13 bits per heavy atom. The first-order valence-corrected chi connectivity index (χ1v) is 15.9. The van der Waals surface area contributed by atoms with Gasteiger partial charge in [0.25, 0.3) is 0 Å². The van der Waals surface area contributed by atoms with Crippen molar-refractivity contribution in [1.29, 1.82) is 0 Å². The molecule has 0 spiro atoms. The van der Waals surface area contributed by atoms with Gasteiger partial charge in [0.15, 0.2) is 5.82 Å². The molecule has 3 saturated heterocycles. The number of unbranched alkanes of at least 4 members (excludes halogenated alkanes) is 1. The second-order valence-electron chi connectivity index (χ2n) is 12.1. The van der Waals surface area contributed by atoms with Crippen molar-refractivity contribution in [2.24, 2.45) is 0 Å². The Balaban J connectivity index is 1.14. The minimum atomic E-state index is -0.918. The second kappa shape index (κ2) is 12.9. The van der Waals surface area contributed by atoms with Gasteiger partial charge in [-0.1, -0.05) is 11.6 Å². The van der Waals surface area contributed by atoms with Crippen molar-refractivity contribution in [2.45, 2.75) is 56.3 Å². The summed E-state index contributed by atoms with van der Waals surface area (Å²) < 4.78 is 48.1. The molecule has 0 saturated carbocycles. The number of rotatable bonds is 11. The van der Waals surface area contributed by atoms with Crippen LogP contribution in [-0.4, -0.2) is 106 Å². The van der Waals surface area contributed by atoms with Crippen LogP contribution in [0.25, 0.3) is 33.1 Å². The summed E-state index contributed by atoms with van der Waals surface area (Å²) in [5, 5.41) is 22.2. The summed E-state index contributed by atoms with van der Waals surface area (Å²) in [7, 11) is 0. The minimum absolute atomic E-state index is 0.0327. The molecule has 7 rings (SSSR count). The first kappa shape index (κ1) is 30.4. The summed E-state index contributed by atoms with van der Waals surface area (Å²) in [5.74, 6) is -1.19. The Kier molecular flexibility index (Phi) is 8.71. The monoisotopic (exact) mass is 643 g/mol. The quantitative estimate of drug-likeness (QED) is 0.203. The molecule has 0 radical (unpaired) electrons. The molecule has 3 aliphatic heterocycles. The molecule has 11 nitrogen and oxygen atoms in total. The van der Waals surface area contributed by atoms with Crippen LogP contribution in [0, 0.1) is 5.82 Å². The molecule has 45 heavy (non-hydrogen) atoms. The van der Waals surface area contributed by atoms with E-state index in [-0.39, 0.29) is 35.3 Å². The zero-order valence-corrected chi connectivity index (χ0v) is 25.6. The lowest BCUT2D eigenvalue weighted by Gasteiger charge is -2.30. The fourth-order valence-electron chi connectivity index (χ4n) is 6.97. The molecular weight excluding hydrogens is 608 g/mol. The maximum absolute atomic E-state index is 16.4. The summed E-state index contributed by atoms with van der Waals surface area (Å²) in [6.07, 6.45) is 6.30. The molecule has 0 aliphatic carbocycles. The highest BCUT2D eigenvalue weighted by Gasteiger charge is 2.49. The number of aromatic amines is 1. The molecule has 6 heterocycles. The van der Waals surface area contributed by atoms with Gasteiger partial charge in [-0.25, -0.2) is 8.78 Å². The summed E-state index contributed by atoms with van der Waals surface area (Å²) >= 11 is 6.77. The van der Waals surface area contributed by atoms with E-state index in [2.05, 4.69) is 35.4 Å². The number of fused-ring (bicyclic) bond motifs is 3. The lowest BCUT2D eigenvalue weighted by Crippen LogP contribution is -2.43. The van der Waals surface area contributed by atoms with Crippen molar-refractivity contribution in [3.05, 3.63) is 34.9 Å². The van der Waals surface area contributed by atoms with Crippen LogP contribution in [0.5, 0.6) is 11.9 Å². The predicted octanol–water partition coefficient (Wildman–Crippen LogP) is 4.35. The van der Waals surface area contributed by atoms with Gasteiger partial charge in [0.1, 0.15) is 24.0 Å². The van der Waals surface area contributed by atoms with E-state index in [0.29, 0.717) is 60.7 Å². The molecule has 0 amide bonds. The third kappa shape index (κ3) is 6.03. The number of halogens is 3. The number of morpholine rings is 1. The number of aromatic hydroxyl groups is 1. The van der Waals surface area contributed by atoms with Gasteiger partial charge in [-0.2, -0.15) is 15.1 Å². The predicted molar refractivity (Wildman–Crippen MR) is 164 cm³/mol. The molecule has 3 aliphatic rings. The van der Waals surface area contributed by atoms with Crippen molar-refractivity contribution in [3.8, 4) is 23.1 Å². The standard InChI is InChI=1S/C31H36ClF2N7O4/c32-23-10-24-21(14-37-40-24)25(20(23)4-1-2-8-43-16-19-12-35-6-9-44-19)28-26(34)27-22(13-36-28)29(42)39-30(38-27)45-17-31-5-3-7-41(31)15-18(33)11-31/h10,13-14,18-19,35H,1-9,11-12,15-17H2,(H,37,40)(H,38,39,42)/t18-,19-,31+/m1/s1. The van der Waals surface area contributed by atoms with Crippen LogP contribution in [0.4, 0.5) is 8.78 Å². The van der Waals surface area contributed by atoms with Crippen molar-refractivity contribution >= 4 is 33.4 Å². The zero-order valence-electron chi connectivity index (χ0n) is 24.8. The van der Waals surface area contributed by atoms with Crippen molar-refractivity contribution in [2.75, 3.05) is 52.6 Å². The Morgan fingerprint density at radius 1 is 1.22 bits per heavy atom. The zero-order chi connectivity index (χ0) is 31.0. The number of ether oxygens (including phenoxy) is 3. The van der Waals surface area contributed by atoms with Gasteiger partial charge in [0.05, 0.1) is 42.0 Å². The molecular formula is C31H36ClF2N7O4. The van der Waals surface area contributed by atoms with Gasteiger partial charge in [-0.05, 0) is 50.3 Å². The SMILES string of the molecule is Oc1nc(OC[C@@]23CCCN2C[C@H](F)C3)nc2c(F)c(-c3c(CCCCOC[C@H]4CNCCO4)c(Cl)cc4[nH]ncc34)ncc12. The minimum Gasteiger partial charge on any atom is -0.493 e. The third-order valence-electron chi connectivity index (χ3n) is 9.18. The van der Waals surface area contributed by atoms with E-state index in [1.807, 2.05) is 0 Å². The van der Waals surface area contributed by atoms with E-state index in [9.17, 15) is 9.50 Å². The fourth-order valence-corrected chi connectivity index (χ4v) is 7.27. The molecule has 3 atom stereocenters. The number of benzene rings is 1. The highest BCUT2D eigenvalue weighted by atomic mass is 35.5. The fraction of sp³-hybridized carbons (Fsp3) is 0.548. The maximum Gasteiger partial charge on any atom is 0.320 e. The summed E-state index contributed by atoms with van der Waals surface area (Å²) in [5.41, 5.74) is 1.34. The van der Waals surface area contributed by atoms with Crippen LogP contribution in [0.3, 0.4) is 0 Å². The highest BCUT2D eigenvalue weighted by molar-refractivity contribution is 6.33. The van der Waals surface area contributed by atoms with Crippen LogP contribution in [0.1, 0.15) is 37.7 Å². The van der Waals surface area contributed by atoms with Crippen molar-refractivity contribution in [1.82, 2.24) is 35.4 Å². The summed E-state index contributed by atoms with van der Waals surface area (Å²) in [4.78, 5) is 14.9. The number of nitrogens with zero attached hydrogens (tertiary/aromatic N) is 5. The number of nitrogens with one attached hydrogen (secondary N) is 2. The smallest absolute Gasteiger partial charge is 0.320 e. The number of aromatic nitrogens is 5. The molecule has 3 N–H and O–H groups in total. The molecule has 14 heteroatoms. The number of hydrogen-bond acceptors (Lipinski definition) is 10. The molecule has 1 aromatic carbocycles. The molecule has 240 valence electrons. The number of H-pyrrole nitrogens is 1. The average molecular weight is 644 g/mol. The normalized spacial score (nSPS) is 23.7. The topological polar surface area (TPSA) is 131 Å². The Hall–Kier alpha value is -3.23. The average Bonchev–Trinajstić information content (AvgIpc) is 3.73. The number of hydrogen-bond donors (Lipinski definition) is 3. The largest absolute Gasteiger partial charge is 0.493 e. The number of alkyl halides is 1. The van der Waals surface area contributed by atoms with E-state index in [1.165, 1.54) is 6.20 Å². The Bertz CT molecular complexity index is 1690. The first-order chi connectivity index (χ1) is 21.9. The molecule has 3 fully saturated rings. The van der Waals surface area contributed by atoms with E-state index in [4.69, 9.17) is 25.8 Å². The lowest BCUT2D eigenvalue weighted by molar-refractivity contribution is -0.0318. The van der Waals surface area contributed by atoms with Gasteiger partial charge >= 0.3 is 6.01 Å². The summed E-state index contributed by atoms with van der Waals surface area (Å²) in [6, 6.07) is 1.61. The van der Waals surface area contributed by atoms with Gasteiger partial charge in [-0.3, -0.25) is 15.0 Å². The van der Waals surface area contributed by atoms with Crippen LogP contribution in [0.2, 0.25) is 5.02 Å². The van der Waals surface area contributed by atoms with E-state index in [1.54, 1.807) is 12.3 Å². The summed E-state index contributed by atoms with van der Waals surface area (Å²) in [6.45, 7) is 4.76. The highest BCUT2D eigenvalue weighted by Crippen LogP contribution is 2.42. The van der Waals surface area contributed by atoms with Crippen LogP contribution in [0.15, 0.2) is 18.5 Å². The maximum atomic E-state index is 16.4. The van der Waals surface area contributed by atoms with Crippen LogP contribution in [-0.2, 0) is 15.9 Å². The lowest BCUT2D eigenvalue weighted by atomic mass is 9.95. The molecule has 4 aromatic rings. The molecule has 3 aromatic heterocycles. The van der Waals surface area contributed by atoms with Crippen LogP contribution >= 0.6 is 11.6 Å². The first-order valence-electron chi connectivity index (χ1n) is 15.5. The second-order valence-corrected chi connectivity index (χ2v) is 12.6. The van der Waals surface area contributed by atoms with Gasteiger partial charge in [0, 0.05) is 54.8 Å². The van der Waals surface area contributed by atoms with Crippen molar-refractivity contribution in [3.63, 3.8) is 0 Å². The van der Waals surface area contributed by atoms with E-state index >= 15 is 4.39 Å². The molecule has 0 bridgehead atoms. The number of pyridine rings is 1. The molecule has 0 unspecified atom stereocenters. The Morgan fingerprint density at radius 3 is 3.00 bits per heavy atom.